The van der Waals surface area contributed by atoms with Crippen LogP contribution in [0, 0.1) is 0 Å². The lowest BCUT2D eigenvalue weighted by Gasteiger charge is -2.34. The first-order valence-corrected chi connectivity index (χ1v) is 10.4. The van der Waals surface area contributed by atoms with Gasteiger partial charge in [-0.05, 0) is 45.0 Å². The van der Waals surface area contributed by atoms with Gasteiger partial charge >= 0.3 is 0 Å². The van der Waals surface area contributed by atoms with Gasteiger partial charge in [0.25, 0.3) is 5.91 Å². The second-order valence-electron chi connectivity index (χ2n) is 6.60. The number of carbonyl (C=O) groups is 2. The van der Waals surface area contributed by atoms with Crippen molar-refractivity contribution in [3.8, 4) is 0 Å². The number of amides is 2. The number of sulfonamides is 1. The molecule has 1 fully saturated rings. The van der Waals surface area contributed by atoms with E-state index in [2.05, 4.69) is 5.32 Å². The number of ether oxygens (including phenoxy) is 1. The maximum Gasteiger partial charge on any atom is 0.254 e. The molecule has 2 rings (SSSR count). The SMILES string of the molecule is CCN(CC(=O)NC)C(=O)c1ccc(S(=O)(=O)N2CC(C)OC(C)C2)cc1. The minimum absolute atomic E-state index is 0.0462. The van der Waals surface area contributed by atoms with Crippen LogP contribution in [0.3, 0.4) is 0 Å². The Labute approximate surface area is 160 Å². The van der Waals surface area contributed by atoms with Crippen LogP contribution in [0.5, 0.6) is 0 Å². The van der Waals surface area contributed by atoms with Crippen molar-refractivity contribution in [2.75, 3.05) is 33.2 Å². The molecule has 1 N–H and O–H groups in total. The van der Waals surface area contributed by atoms with Gasteiger partial charge in [0.05, 0.1) is 23.6 Å². The van der Waals surface area contributed by atoms with Gasteiger partial charge in [-0.2, -0.15) is 4.31 Å². The number of rotatable bonds is 6. The van der Waals surface area contributed by atoms with Crippen molar-refractivity contribution in [3.63, 3.8) is 0 Å². The topological polar surface area (TPSA) is 96.0 Å². The zero-order chi connectivity index (χ0) is 20.2. The molecule has 1 aliphatic rings. The van der Waals surface area contributed by atoms with Crippen molar-refractivity contribution < 1.29 is 22.7 Å². The van der Waals surface area contributed by atoms with Crippen LogP contribution in [-0.4, -0.2) is 74.9 Å². The van der Waals surface area contributed by atoms with Crippen molar-refractivity contribution in [2.24, 2.45) is 0 Å². The summed E-state index contributed by atoms with van der Waals surface area (Å²) in [6.07, 6.45) is -0.348. The molecule has 150 valence electrons. The number of hydrogen-bond donors (Lipinski definition) is 1. The van der Waals surface area contributed by atoms with Gasteiger partial charge in [-0.3, -0.25) is 9.59 Å². The fraction of sp³-hybridized carbons (Fsp3) is 0.556. The van der Waals surface area contributed by atoms with Crippen molar-refractivity contribution in [2.45, 2.75) is 37.9 Å². The van der Waals surface area contributed by atoms with Crippen molar-refractivity contribution >= 4 is 21.8 Å². The summed E-state index contributed by atoms with van der Waals surface area (Å²) >= 11 is 0. The highest BCUT2D eigenvalue weighted by atomic mass is 32.2. The first-order chi connectivity index (χ1) is 12.7. The maximum atomic E-state index is 12.9. The molecule has 0 bridgehead atoms. The number of benzene rings is 1. The molecule has 0 aromatic heterocycles. The Morgan fingerprint density at radius 2 is 1.74 bits per heavy atom. The third-order valence-corrected chi connectivity index (χ3v) is 6.25. The quantitative estimate of drug-likeness (QED) is 0.762. The van der Waals surface area contributed by atoms with E-state index in [-0.39, 0.29) is 35.5 Å². The van der Waals surface area contributed by atoms with E-state index in [1.165, 1.54) is 40.5 Å². The molecule has 1 saturated heterocycles. The number of nitrogens with one attached hydrogen (secondary N) is 1. The lowest BCUT2D eigenvalue weighted by molar-refractivity contribution is -0.121. The Morgan fingerprint density at radius 3 is 2.22 bits per heavy atom. The van der Waals surface area contributed by atoms with Gasteiger partial charge in [0.2, 0.25) is 15.9 Å². The summed E-state index contributed by atoms with van der Waals surface area (Å²) in [5.74, 6) is -0.585. The Kier molecular flexibility index (Phi) is 6.96. The second-order valence-corrected chi connectivity index (χ2v) is 8.53. The molecule has 0 aliphatic carbocycles. The van der Waals surface area contributed by atoms with E-state index in [0.717, 1.165) is 0 Å². The van der Waals surface area contributed by atoms with Crippen molar-refractivity contribution in [3.05, 3.63) is 29.8 Å². The van der Waals surface area contributed by atoms with Crippen LogP contribution >= 0.6 is 0 Å². The normalized spacial score (nSPS) is 20.9. The van der Waals surface area contributed by atoms with Crippen molar-refractivity contribution in [1.82, 2.24) is 14.5 Å². The monoisotopic (exact) mass is 397 g/mol. The van der Waals surface area contributed by atoms with Gasteiger partial charge in [0, 0.05) is 32.2 Å². The second kappa shape index (κ2) is 8.81. The Bertz CT molecular complexity index is 769. The van der Waals surface area contributed by atoms with E-state index in [9.17, 15) is 18.0 Å². The molecule has 1 aromatic carbocycles. The summed E-state index contributed by atoms with van der Waals surface area (Å²) in [7, 11) is -2.15. The Hall–Kier alpha value is -1.97. The van der Waals surface area contributed by atoms with Gasteiger partial charge in [-0.15, -0.1) is 0 Å². The van der Waals surface area contributed by atoms with Crippen LogP contribution in [0.1, 0.15) is 31.1 Å². The fourth-order valence-corrected chi connectivity index (χ4v) is 4.60. The van der Waals surface area contributed by atoms with E-state index in [4.69, 9.17) is 4.74 Å². The summed E-state index contributed by atoms with van der Waals surface area (Å²) < 4.78 is 32.7. The van der Waals surface area contributed by atoms with Crippen LogP contribution in [0.4, 0.5) is 0 Å². The minimum Gasteiger partial charge on any atom is -0.373 e. The zero-order valence-electron chi connectivity index (χ0n) is 16.1. The Morgan fingerprint density at radius 1 is 1.19 bits per heavy atom. The van der Waals surface area contributed by atoms with Gasteiger partial charge in [0.15, 0.2) is 0 Å². The van der Waals surface area contributed by atoms with E-state index in [1.54, 1.807) is 6.92 Å². The number of morpholine rings is 1. The summed E-state index contributed by atoms with van der Waals surface area (Å²) in [6, 6.07) is 5.83. The smallest absolute Gasteiger partial charge is 0.254 e. The van der Waals surface area contributed by atoms with E-state index >= 15 is 0 Å². The number of nitrogens with zero attached hydrogens (tertiary/aromatic N) is 2. The molecular formula is C18H27N3O5S. The highest BCUT2D eigenvalue weighted by Gasteiger charge is 2.32. The van der Waals surface area contributed by atoms with Crippen LogP contribution < -0.4 is 5.32 Å². The van der Waals surface area contributed by atoms with Crippen LogP contribution in [0.2, 0.25) is 0 Å². The molecule has 27 heavy (non-hydrogen) atoms. The maximum absolute atomic E-state index is 12.9. The molecule has 9 heteroatoms. The predicted octanol–water partition coefficient (Wildman–Crippen LogP) is 0.693. The lowest BCUT2D eigenvalue weighted by Crippen LogP contribution is -2.48. The first-order valence-electron chi connectivity index (χ1n) is 8.94. The van der Waals surface area contributed by atoms with Gasteiger partial charge in [-0.25, -0.2) is 8.42 Å². The van der Waals surface area contributed by atoms with E-state index in [0.29, 0.717) is 25.2 Å². The molecular weight excluding hydrogens is 370 g/mol. The molecule has 2 amide bonds. The standard InChI is InChI=1S/C18H27N3O5S/c1-5-20(12-17(22)19-4)18(23)15-6-8-16(9-7-15)27(24,25)21-10-13(2)26-14(3)11-21/h6-9,13-14H,5,10-12H2,1-4H3,(H,19,22). The summed E-state index contributed by atoms with van der Waals surface area (Å²) in [5.41, 5.74) is 0.336. The van der Waals surface area contributed by atoms with Crippen LogP contribution in [0.25, 0.3) is 0 Å². The first kappa shape index (κ1) is 21.3. The van der Waals surface area contributed by atoms with Gasteiger partial charge in [0.1, 0.15) is 0 Å². The largest absolute Gasteiger partial charge is 0.373 e. The summed E-state index contributed by atoms with van der Waals surface area (Å²) in [6.45, 7) is 6.37. The molecule has 1 heterocycles. The third-order valence-electron chi connectivity index (χ3n) is 4.41. The highest BCUT2D eigenvalue weighted by Crippen LogP contribution is 2.21. The lowest BCUT2D eigenvalue weighted by atomic mass is 10.2. The minimum atomic E-state index is -3.65. The molecule has 0 radical (unpaired) electrons. The predicted molar refractivity (Wildman–Crippen MR) is 101 cm³/mol. The molecule has 1 aromatic rings. The third kappa shape index (κ3) is 5.06. The number of likely N-dealkylation sites (N-methyl/N-ethyl adjacent to an activating group) is 2. The Balaban J connectivity index is 2.18. The molecule has 8 nitrogen and oxygen atoms in total. The molecule has 1 aliphatic heterocycles. The van der Waals surface area contributed by atoms with E-state index < -0.39 is 10.0 Å². The fourth-order valence-electron chi connectivity index (χ4n) is 3.01. The number of carbonyl (C=O) groups excluding carboxylic acids is 2. The summed E-state index contributed by atoms with van der Waals surface area (Å²) in [5, 5.41) is 2.48. The highest BCUT2D eigenvalue weighted by molar-refractivity contribution is 7.89. The zero-order valence-corrected chi connectivity index (χ0v) is 17.0. The van der Waals surface area contributed by atoms with Crippen LogP contribution in [-0.2, 0) is 19.6 Å². The average Bonchev–Trinajstić information content (AvgIpc) is 2.64. The van der Waals surface area contributed by atoms with Crippen molar-refractivity contribution in [1.29, 1.82) is 0 Å². The van der Waals surface area contributed by atoms with Gasteiger partial charge < -0.3 is 15.0 Å². The molecule has 2 unspecified atom stereocenters. The molecule has 0 saturated carbocycles. The van der Waals surface area contributed by atoms with Crippen LogP contribution in [0.15, 0.2) is 29.2 Å². The summed E-state index contributed by atoms with van der Waals surface area (Å²) in [4.78, 5) is 25.6. The average molecular weight is 397 g/mol. The van der Waals surface area contributed by atoms with Gasteiger partial charge in [-0.1, -0.05) is 0 Å². The molecule has 0 spiro atoms. The molecule has 2 atom stereocenters. The van der Waals surface area contributed by atoms with E-state index in [1.807, 2.05) is 13.8 Å². The number of hydrogen-bond acceptors (Lipinski definition) is 5.